The van der Waals surface area contributed by atoms with Gasteiger partial charge in [0.15, 0.2) is 13.3 Å². The predicted octanol–water partition coefficient (Wildman–Crippen LogP) is 0.663. The molecule has 0 aromatic heterocycles. The van der Waals surface area contributed by atoms with E-state index in [0.717, 1.165) is 13.1 Å². The molecule has 0 bridgehead atoms. The smallest absolute Gasteiger partial charge is 0.223 e. The predicted molar refractivity (Wildman–Crippen MR) is 89.7 cm³/mol. The highest BCUT2D eigenvalue weighted by Crippen LogP contribution is 1.99. The first kappa shape index (κ1) is 20.6. The summed E-state index contributed by atoms with van der Waals surface area (Å²) in [7, 11) is 8.34. The molecule has 0 saturated heterocycles. The van der Waals surface area contributed by atoms with E-state index in [2.05, 4.69) is 51.0 Å². The second-order valence-corrected chi connectivity index (χ2v) is 6.93. The van der Waals surface area contributed by atoms with Crippen molar-refractivity contribution in [3.63, 3.8) is 0 Å². The summed E-state index contributed by atoms with van der Waals surface area (Å²) < 4.78 is 1.42. The van der Waals surface area contributed by atoms with Gasteiger partial charge in [0.2, 0.25) is 11.8 Å². The van der Waals surface area contributed by atoms with Gasteiger partial charge in [-0.15, -0.1) is 0 Å². The lowest BCUT2D eigenvalue weighted by atomic mass is 10.3. The van der Waals surface area contributed by atoms with Crippen LogP contribution in [0.3, 0.4) is 0 Å². The van der Waals surface area contributed by atoms with Gasteiger partial charge in [0, 0.05) is 12.8 Å². The second-order valence-electron chi connectivity index (χ2n) is 6.93. The van der Waals surface area contributed by atoms with Gasteiger partial charge >= 0.3 is 0 Å². The standard InChI is InChI=1S/C16H32N4O2/c1-7-15(21)17-13-19(3,4)11-9-10-12-20(5,6)14-18-16(22)8-2/h9-10H,7-8,11-14H2,1-6H3/p+2/b10-9-. The Hall–Kier alpha value is -1.40. The Morgan fingerprint density at radius 2 is 1.09 bits per heavy atom. The Balaban J connectivity index is 4.14. The average molecular weight is 314 g/mol. The second kappa shape index (κ2) is 9.58. The van der Waals surface area contributed by atoms with Gasteiger partial charge in [0.1, 0.15) is 0 Å². The number of quaternary nitrogens is 2. The summed E-state index contributed by atoms with van der Waals surface area (Å²) in [6.07, 6.45) is 5.31. The van der Waals surface area contributed by atoms with Crippen LogP contribution in [0.15, 0.2) is 12.2 Å². The van der Waals surface area contributed by atoms with Crippen LogP contribution in [0.4, 0.5) is 0 Å². The number of rotatable bonds is 10. The van der Waals surface area contributed by atoms with Crippen molar-refractivity contribution >= 4 is 11.8 Å². The van der Waals surface area contributed by atoms with E-state index >= 15 is 0 Å². The maximum Gasteiger partial charge on any atom is 0.223 e. The van der Waals surface area contributed by atoms with Gasteiger partial charge in [0.05, 0.1) is 41.3 Å². The lowest BCUT2D eigenvalue weighted by Gasteiger charge is -2.30. The third-order valence-electron chi connectivity index (χ3n) is 3.42. The zero-order valence-electron chi connectivity index (χ0n) is 15.1. The first-order chi connectivity index (χ1) is 10.1. The fraction of sp³-hybridized carbons (Fsp3) is 0.750. The number of hydrogen-bond acceptors (Lipinski definition) is 2. The van der Waals surface area contributed by atoms with Gasteiger partial charge in [-0.3, -0.25) is 9.59 Å². The van der Waals surface area contributed by atoms with Gasteiger partial charge < -0.3 is 19.6 Å². The molecular weight excluding hydrogens is 280 g/mol. The van der Waals surface area contributed by atoms with Crippen LogP contribution >= 0.6 is 0 Å². The molecule has 6 nitrogen and oxygen atoms in total. The van der Waals surface area contributed by atoms with Gasteiger partial charge in [-0.2, -0.15) is 0 Å². The van der Waals surface area contributed by atoms with Crippen molar-refractivity contribution in [2.45, 2.75) is 26.7 Å². The van der Waals surface area contributed by atoms with Crippen LogP contribution in [0.5, 0.6) is 0 Å². The van der Waals surface area contributed by atoms with Crippen LogP contribution in [0, 0.1) is 0 Å². The summed E-state index contributed by atoms with van der Waals surface area (Å²) in [6.45, 7) is 6.67. The van der Waals surface area contributed by atoms with Crippen LogP contribution in [-0.4, -0.2) is 75.4 Å². The molecule has 0 aliphatic carbocycles. The first-order valence-corrected chi connectivity index (χ1v) is 7.94. The first-order valence-electron chi connectivity index (χ1n) is 7.94. The third-order valence-corrected chi connectivity index (χ3v) is 3.42. The highest BCUT2D eigenvalue weighted by molar-refractivity contribution is 5.75. The number of amides is 2. The zero-order chi connectivity index (χ0) is 17.2. The quantitative estimate of drug-likeness (QED) is 0.354. The van der Waals surface area contributed by atoms with Crippen molar-refractivity contribution in [3.8, 4) is 0 Å². The minimum absolute atomic E-state index is 0.0830. The number of nitrogens with zero attached hydrogens (tertiary/aromatic N) is 2. The van der Waals surface area contributed by atoms with E-state index in [4.69, 9.17) is 0 Å². The van der Waals surface area contributed by atoms with Crippen LogP contribution in [0.1, 0.15) is 26.7 Å². The lowest BCUT2D eigenvalue weighted by Crippen LogP contribution is -2.49. The molecule has 0 aliphatic heterocycles. The van der Waals surface area contributed by atoms with Crippen molar-refractivity contribution in [2.24, 2.45) is 0 Å². The topological polar surface area (TPSA) is 58.2 Å². The van der Waals surface area contributed by atoms with Crippen LogP contribution in [0.2, 0.25) is 0 Å². The number of carbonyl (C=O) groups excluding carboxylic acids is 2. The third kappa shape index (κ3) is 10.3. The van der Waals surface area contributed by atoms with Crippen LogP contribution in [-0.2, 0) is 9.59 Å². The molecular formula is C16H34N4O2+2. The van der Waals surface area contributed by atoms with E-state index < -0.39 is 0 Å². The number of nitrogens with one attached hydrogen (secondary N) is 2. The van der Waals surface area contributed by atoms with Crippen LogP contribution in [0.25, 0.3) is 0 Å². The fourth-order valence-electron chi connectivity index (χ4n) is 1.70. The molecule has 0 spiro atoms. The van der Waals surface area contributed by atoms with Crippen molar-refractivity contribution < 1.29 is 18.6 Å². The molecule has 6 heteroatoms. The molecule has 2 amide bonds. The summed E-state index contributed by atoms with van der Waals surface area (Å²) in [6, 6.07) is 0. The Morgan fingerprint density at radius 1 is 0.773 bits per heavy atom. The minimum atomic E-state index is 0.0830. The average Bonchev–Trinajstić information content (AvgIpc) is 2.47. The molecule has 0 aliphatic rings. The highest BCUT2D eigenvalue weighted by Gasteiger charge is 2.15. The van der Waals surface area contributed by atoms with Crippen molar-refractivity contribution in [2.75, 3.05) is 54.6 Å². The van der Waals surface area contributed by atoms with Crippen molar-refractivity contribution in [1.82, 2.24) is 10.6 Å². The lowest BCUT2D eigenvalue weighted by molar-refractivity contribution is -0.888. The van der Waals surface area contributed by atoms with E-state index in [1.807, 2.05) is 13.8 Å². The molecule has 2 N–H and O–H groups in total. The van der Waals surface area contributed by atoms with Crippen molar-refractivity contribution in [1.29, 1.82) is 0 Å². The molecule has 0 aromatic carbocycles. The Labute approximate surface area is 135 Å². The molecule has 0 unspecified atom stereocenters. The van der Waals surface area contributed by atoms with E-state index in [9.17, 15) is 9.59 Å². The molecule has 0 saturated carbocycles. The van der Waals surface area contributed by atoms with Gasteiger partial charge in [-0.1, -0.05) is 13.8 Å². The summed E-state index contributed by atoms with van der Waals surface area (Å²) >= 11 is 0. The number of carbonyl (C=O) groups is 2. The van der Waals surface area contributed by atoms with Gasteiger partial charge in [-0.05, 0) is 12.2 Å². The Kier molecular flexibility index (Phi) is 8.97. The molecule has 0 aromatic rings. The Morgan fingerprint density at radius 3 is 1.36 bits per heavy atom. The monoisotopic (exact) mass is 314 g/mol. The SMILES string of the molecule is CCC(=O)NC[N+](C)(C)C/C=C\C[N+](C)(C)CNC(=O)CC. The zero-order valence-corrected chi connectivity index (χ0v) is 15.1. The van der Waals surface area contributed by atoms with E-state index in [1.165, 1.54) is 0 Å². The van der Waals surface area contributed by atoms with Crippen molar-refractivity contribution in [3.05, 3.63) is 12.2 Å². The van der Waals surface area contributed by atoms with E-state index in [-0.39, 0.29) is 11.8 Å². The molecule has 22 heavy (non-hydrogen) atoms. The summed E-state index contributed by atoms with van der Waals surface area (Å²) in [5, 5.41) is 5.83. The fourth-order valence-corrected chi connectivity index (χ4v) is 1.70. The van der Waals surface area contributed by atoms with Gasteiger partial charge in [-0.25, -0.2) is 0 Å². The van der Waals surface area contributed by atoms with Gasteiger partial charge in [0.25, 0.3) is 0 Å². The summed E-state index contributed by atoms with van der Waals surface area (Å²) in [5.74, 6) is 0.166. The summed E-state index contributed by atoms with van der Waals surface area (Å²) in [4.78, 5) is 22.6. The highest BCUT2D eigenvalue weighted by atomic mass is 16.2. The largest absolute Gasteiger partial charge is 0.309 e. The molecule has 0 atom stereocenters. The molecule has 128 valence electrons. The van der Waals surface area contributed by atoms with Crippen LogP contribution < -0.4 is 10.6 Å². The van der Waals surface area contributed by atoms with E-state index in [1.54, 1.807) is 0 Å². The summed E-state index contributed by atoms with van der Waals surface area (Å²) in [5.41, 5.74) is 0. The van der Waals surface area contributed by atoms with E-state index in [0.29, 0.717) is 35.1 Å². The maximum absolute atomic E-state index is 11.3. The molecule has 0 fully saturated rings. The number of likely N-dealkylation sites (N-methyl/N-ethyl adjacent to an activating group) is 2. The number of hydrogen-bond donors (Lipinski definition) is 2. The molecule has 0 rings (SSSR count). The normalized spacial score (nSPS) is 12.5. The maximum atomic E-state index is 11.3. The minimum Gasteiger partial charge on any atom is -0.309 e. The molecule has 0 heterocycles. The molecule has 0 radical (unpaired) electrons. The Bertz CT molecular complexity index is 354.